The van der Waals surface area contributed by atoms with Crippen molar-refractivity contribution in [2.75, 3.05) is 0 Å². The van der Waals surface area contributed by atoms with Crippen LogP contribution in [0.3, 0.4) is 0 Å². The summed E-state index contributed by atoms with van der Waals surface area (Å²) in [6, 6.07) is 12.4. The number of aromatic amines is 1. The minimum atomic E-state index is 0.522. The molecule has 0 aliphatic carbocycles. The van der Waals surface area contributed by atoms with Crippen molar-refractivity contribution in [1.29, 1.82) is 5.26 Å². The predicted molar refractivity (Wildman–Crippen MR) is 61.9 cm³/mol. The smallest absolute Gasteiger partial charge is 0.161 e. The summed E-state index contributed by atoms with van der Waals surface area (Å²) >= 11 is 0. The first kappa shape index (κ1) is 10.4. The normalized spacial score (nSPS) is 10.0. The summed E-state index contributed by atoms with van der Waals surface area (Å²) in [4.78, 5) is 7.26. The lowest BCUT2D eigenvalue weighted by molar-refractivity contribution is 0.916. The Morgan fingerprint density at radius 3 is 2.69 bits per heavy atom. The minimum Gasteiger partial charge on any atom is -0.345 e. The molecule has 0 bridgehead atoms. The molecule has 0 radical (unpaired) electrons. The molecule has 1 aromatic carbocycles. The molecule has 0 atom stereocenters. The lowest BCUT2D eigenvalue weighted by Crippen LogP contribution is -1.94. The fourth-order valence-corrected chi connectivity index (χ4v) is 1.73. The molecular weight excluding hydrogens is 198 g/mol. The van der Waals surface area contributed by atoms with Gasteiger partial charge in [0, 0.05) is 0 Å². The Kier molecular flexibility index (Phi) is 3.02. The maximum atomic E-state index is 8.90. The second-order valence-corrected chi connectivity index (χ2v) is 3.75. The number of hydrogen-bond donors (Lipinski definition) is 1. The average molecular weight is 211 g/mol. The van der Waals surface area contributed by atoms with E-state index in [1.54, 1.807) is 0 Å². The second kappa shape index (κ2) is 4.63. The van der Waals surface area contributed by atoms with Gasteiger partial charge in [0.1, 0.15) is 11.9 Å². The van der Waals surface area contributed by atoms with E-state index in [1.165, 1.54) is 5.56 Å². The van der Waals surface area contributed by atoms with Gasteiger partial charge >= 0.3 is 0 Å². The van der Waals surface area contributed by atoms with Crippen molar-refractivity contribution in [2.24, 2.45) is 0 Å². The van der Waals surface area contributed by atoms with E-state index in [4.69, 9.17) is 5.26 Å². The van der Waals surface area contributed by atoms with Gasteiger partial charge in [-0.25, -0.2) is 4.98 Å². The molecule has 0 aliphatic heterocycles. The number of nitrogens with one attached hydrogen (secondary N) is 1. The first-order valence-corrected chi connectivity index (χ1v) is 5.29. The van der Waals surface area contributed by atoms with Gasteiger partial charge in [-0.1, -0.05) is 30.3 Å². The molecule has 0 aliphatic rings. The fraction of sp³-hybridized carbons (Fsp3) is 0.231. The molecule has 80 valence electrons. The van der Waals surface area contributed by atoms with Crippen LogP contribution in [0, 0.1) is 18.3 Å². The molecule has 0 unspecified atom stereocenters. The molecule has 0 spiro atoms. The van der Waals surface area contributed by atoms with Crippen molar-refractivity contribution in [3.8, 4) is 6.07 Å². The van der Waals surface area contributed by atoms with E-state index in [1.807, 2.05) is 25.1 Å². The second-order valence-electron chi connectivity index (χ2n) is 3.75. The summed E-state index contributed by atoms with van der Waals surface area (Å²) < 4.78 is 0. The highest BCUT2D eigenvalue weighted by atomic mass is 14.9. The number of nitrogens with zero attached hydrogens (tertiary/aromatic N) is 2. The van der Waals surface area contributed by atoms with Crippen molar-refractivity contribution < 1.29 is 0 Å². The van der Waals surface area contributed by atoms with Crippen LogP contribution in [0.25, 0.3) is 0 Å². The van der Waals surface area contributed by atoms with E-state index in [-0.39, 0.29) is 0 Å². The van der Waals surface area contributed by atoms with Crippen molar-refractivity contribution >= 4 is 0 Å². The Bertz CT molecular complexity index is 506. The number of hydrogen-bond acceptors (Lipinski definition) is 2. The summed E-state index contributed by atoms with van der Waals surface area (Å²) in [5.41, 5.74) is 2.73. The fourth-order valence-electron chi connectivity index (χ4n) is 1.73. The molecule has 1 aromatic heterocycles. The topological polar surface area (TPSA) is 52.5 Å². The Hall–Kier alpha value is -2.08. The Labute approximate surface area is 94.8 Å². The predicted octanol–water partition coefficient (Wildman–Crippen LogP) is 2.38. The van der Waals surface area contributed by atoms with Gasteiger partial charge in [-0.2, -0.15) is 5.26 Å². The Morgan fingerprint density at radius 2 is 2.00 bits per heavy atom. The standard InChI is InChI=1S/C13H13N3/c1-10-15-12(13(9-14)16-10)8-7-11-5-3-2-4-6-11/h2-6H,7-8H2,1H3,(H,15,16). The molecule has 2 aromatic rings. The van der Waals surface area contributed by atoms with Crippen molar-refractivity contribution in [2.45, 2.75) is 19.8 Å². The van der Waals surface area contributed by atoms with Crippen LogP contribution in [-0.2, 0) is 12.8 Å². The lowest BCUT2D eigenvalue weighted by atomic mass is 10.1. The van der Waals surface area contributed by atoms with Gasteiger partial charge in [-0.15, -0.1) is 0 Å². The number of aryl methyl sites for hydroxylation is 3. The van der Waals surface area contributed by atoms with E-state index in [0.717, 1.165) is 24.4 Å². The number of H-pyrrole nitrogens is 1. The van der Waals surface area contributed by atoms with E-state index < -0.39 is 0 Å². The first-order chi connectivity index (χ1) is 7.79. The van der Waals surface area contributed by atoms with Gasteiger partial charge in [-0.3, -0.25) is 0 Å². The van der Waals surface area contributed by atoms with Crippen molar-refractivity contribution in [3.63, 3.8) is 0 Å². The summed E-state index contributed by atoms with van der Waals surface area (Å²) in [5.74, 6) is 0.805. The van der Waals surface area contributed by atoms with Gasteiger partial charge in [0.05, 0.1) is 5.69 Å². The highest BCUT2D eigenvalue weighted by Crippen LogP contribution is 2.09. The first-order valence-electron chi connectivity index (χ1n) is 5.29. The van der Waals surface area contributed by atoms with Gasteiger partial charge in [0.2, 0.25) is 0 Å². The maximum Gasteiger partial charge on any atom is 0.161 e. The van der Waals surface area contributed by atoms with Gasteiger partial charge in [0.25, 0.3) is 0 Å². The monoisotopic (exact) mass is 211 g/mol. The van der Waals surface area contributed by atoms with Crippen LogP contribution in [0.4, 0.5) is 0 Å². The summed E-state index contributed by atoms with van der Waals surface area (Å²) in [7, 11) is 0. The SMILES string of the molecule is Cc1nc(C#N)c(CCc2ccccc2)[nH]1. The zero-order valence-corrected chi connectivity index (χ0v) is 9.20. The van der Waals surface area contributed by atoms with Gasteiger partial charge < -0.3 is 4.98 Å². The molecule has 1 N–H and O–H groups in total. The molecule has 0 saturated heterocycles. The van der Waals surface area contributed by atoms with Crippen LogP contribution < -0.4 is 0 Å². The quantitative estimate of drug-likeness (QED) is 0.847. The molecule has 3 nitrogen and oxygen atoms in total. The maximum absolute atomic E-state index is 8.90. The molecule has 0 saturated carbocycles. The van der Waals surface area contributed by atoms with E-state index in [9.17, 15) is 0 Å². The van der Waals surface area contributed by atoms with Gasteiger partial charge in [0.15, 0.2) is 5.69 Å². The number of benzene rings is 1. The summed E-state index contributed by atoms with van der Waals surface area (Å²) in [5, 5.41) is 8.90. The number of imidazole rings is 1. The third-order valence-corrected chi connectivity index (χ3v) is 2.51. The van der Waals surface area contributed by atoms with E-state index >= 15 is 0 Å². The van der Waals surface area contributed by atoms with E-state index in [0.29, 0.717) is 5.69 Å². The van der Waals surface area contributed by atoms with Crippen molar-refractivity contribution in [3.05, 3.63) is 53.1 Å². The molecule has 2 rings (SSSR count). The highest BCUT2D eigenvalue weighted by molar-refractivity contribution is 5.28. The molecule has 0 fully saturated rings. The van der Waals surface area contributed by atoms with Crippen LogP contribution in [-0.4, -0.2) is 9.97 Å². The number of rotatable bonds is 3. The van der Waals surface area contributed by atoms with Crippen LogP contribution in [0.5, 0.6) is 0 Å². The minimum absolute atomic E-state index is 0.522. The van der Waals surface area contributed by atoms with Crippen LogP contribution >= 0.6 is 0 Å². The Balaban J connectivity index is 2.08. The molecular formula is C13H13N3. The van der Waals surface area contributed by atoms with Crippen molar-refractivity contribution in [1.82, 2.24) is 9.97 Å². The van der Waals surface area contributed by atoms with Gasteiger partial charge in [-0.05, 0) is 25.3 Å². The van der Waals surface area contributed by atoms with Crippen LogP contribution in [0.2, 0.25) is 0 Å². The summed E-state index contributed by atoms with van der Waals surface area (Å²) in [6.07, 6.45) is 1.75. The Morgan fingerprint density at radius 1 is 1.25 bits per heavy atom. The largest absolute Gasteiger partial charge is 0.345 e. The highest BCUT2D eigenvalue weighted by Gasteiger charge is 2.06. The molecule has 0 amide bonds. The third-order valence-electron chi connectivity index (χ3n) is 2.51. The zero-order chi connectivity index (χ0) is 11.4. The zero-order valence-electron chi connectivity index (χ0n) is 9.20. The van der Waals surface area contributed by atoms with Crippen LogP contribution in [0.15, 0.2) is 30.3 Å². The lowest BCUT2D eigenvalue weighted by Gasteiger charge is -1.99. The van der Waals surface area contributed by atoms with E-state index in [2.05, 4.69) is 28.2 Å². The third kappa shape index (κ3) is 2.29. The average Bonchev–Trinajstić information content (AvgIpc) is 2.68. The van der Waals surface area contributed by atoms with Crippen LogP contribution in [0.1, 0.15) is 22.8 Å². The molecule has 1 heterocycles. The molecule has 16 heavy (non-hydrogen) atoms. The number of nitriles is 1. The number of aromatic nitrogens is 2. The molecule has 3 heteroatoms. The summed E-state index contributed by atoms with van der Waals surface area (Å²) in [6.45, 7) is 1.87.